The zero-order valence-corrected chi connectivity index (χ0v) is 12.4. The van der Waals surface area contributed by atoms with Gasteiger partial charge in [-0.05, 0) is 44.4 Å². The van der Waals surface area contributed by atoms with Crippen LogP contribution in [0.2, 0.25) is 0 Å². The minimum Gasteiger partial charge on any atom is -0.364 e. The first kappa shape index (κ1) is 14.3. The fraction of sp³-hybridized carbons (Fsp3) is 0.938. The van der Waals surface area contributed by atoms with Crippen LogP contribution in [-0.4, -0.2) is 42.1 Å². The summed E-state index contributed by atoms with van der Waals surface area (Å²) in [6.45, 7) is 1.48. The molecule has 0 radical (unpaired) electrons. The second-order valence-corrected chi connectivity index (χ2v) is 6.70. The first-order valence-corrected chi connectivity index (χ1v) is 8.45. The van der Waals surface area contributed by atoms with E-state index in [1.54, 1.807) is 0 Å². The van der Waals surface area contributed by atoms with Crippen molar-refractivity contribution < 1.29 is 9.53 Å². The Hall–Kier alpha value is -0.610. The second kappa shape index (κ2) is 6.44. The van der Waals surface area contributed by atoms with Gasteiger partial charge >= 0.3 is 0 Å². The van der Waals surface area contributed by atoms with E-state index in [4.69, 9.17) is 10.5 Å². The largest absolute Gasteiger partial charge is 0.364 e. The highest BCUT2D eigenvalue weighted by Gasteiger charge is 2.40. The first-order chi connectivity index (χ1) is 9.79. The zero-order chi connectivity index (χ0) is 13.9. The molecule has 0 spiro atoms. The molecular formula is C16H28N2O2. The predicted molar refractivity (Wildman–Crippen MR) is 78.3 cm³/mol. The van der Waals surface area contributed by atoms with Crippen molar-refractivity contribution in [3.05, 3.63) is 0 Å². The van der Waals surface area contributed by atoms with Crippen molar-refractivity contribution in [1.82, 2.24) is 4.90 Å². The maximum absolute atomic E-state index is 12.7. The Morgan fingerprint density at radius 2 is 1.85 bits per heavy atom. The van der Waals surface area contributed by atoms with Gasteiger partial charge in [0.25, 0.3) is 5.91 Å². The summed E-state index contributed by atoms with van der Waals surface area (Å²) in [6.07, 6.45) is 10.7. The Labute approximate surface area is 122 Å². The normalized spacial score (nSPS) is 35.6. The van der Waals surface area contributed by atoms with E-state index in [-0.39, 0.29) is 18.1 Å². The molecule has 0 aromatic rings. The lowest BCUT2D eigenvalue weighted by molar-refractivity contribution is -0.144. The second-order valence-electron chi connectivity index (χ2n) is 6.70. The molecule has 0 aromatic carbocycles. The molecule has 114 valence electrons. The van der Waals surface area contributed by atoms with Gasteiger partial charge in [0, 0.05) is 19.1 Å². The number of ether oxygens (including phenoxy) is 1. The van der Waals surface area contributed by atoms with Crippen molar-refractivity contribution in [2.24, 2.45) is 11.7 Å². The summed E-state index contributed by atoms with van der Waals surface area (Å²) < 4.78 is 5.80. The summed E-state index contributed by atoms with van der Waals surface area (Å²) in [4.78, 5) is 14.9. The van der Waals surface area contributed by atoms with Gasteiger partial charge in [-0.1, -0.05) is 19.3 Å². The highest BCUT2D eigenvalue weighted by Crippen LogP contribution is 2.35. The Morgan fingerprint density at radius 1 is 1.05 bits per heavy atom. The lowest BCUT2D eigenvalue weighted by Gasteiger charge is -2.35. The minimum absolute atomic E-state index is 0.0969. The van der Waals surface area contributed by atoms with Crippen molar-refractivity contribution in [2.75, 3.05) is 13.1 Å². The quantitative estimate of drug-likeness (QED) is 0.861. The van der Waals surface area contributed by atoms with E-state index >= 15 is 0 Å². The summed E-state index contributed by atoms with van der Waals surface area (Å²) in [5, 5.41) is 0. The minimum atomic E-state index is -0.215. The third-order valence-electron chi connectivity index (χ3n) is 5.42. The molecule has 0 aromatic heterocycles. The molecule has 2 aliphatic heterocycles. The predicted octanol–water partition coefficient (Wildman–Crippen LogP) is 2.06. The fourth-order valence-electron chi connectivity index (χ4n) is 4.32. The number of carbonyl (C=O) groups is 1. The summed E-state index contributed by atoms with van der Waals surface area (Å²) in [5.74, 6) is 0.982. The van der Waals surface area contributed by atoms with Crippen LogP contribution >= 0.6 is 0 Å². The number of hydrogen-bond donors (Lipinski definition) is 1. The number of rotatable bonds is 3. The standard InChI is InChI=1S/C16H28N2O2/c17-11-13-8-9-15(20-13)16(19)18-10-4-7-14(18)12-5-2-1-3-6-12/h12-15H,1-11,17H2. The monoisotopic (exact) mass is 280 g/mol. The molecule has 2 N–H and O–H groups in total. The zero-order valence-electron chi connectivity index (χ0n) is 12.4. The molecule has 3 fully saturated rings. The third-order valence-corrected chi connectivity index (χ3v) is 5.42. The van der Waals surface area contributed by atoms with E-state index in [0.29, 0.717) is 12.6 Å². The van der Waals surface area contributed by atoms with Crippen molar-refractivity contribution in [3.63, 3.8) is 0 Å². The topological polar surface area (TPSA) is 55.6 Å². The van der Waals surface area contributed by atoms with Crippen molar-refractivity contribution >= 4 is 5.91 Å². The van der Waals surface area contributed by atoms with Crippen LogP contribution < -0.4 is 5.73 Å². The van der Waals surface area contributed by atoms with Crippen LogP contribution in [0.25, 0.3) is 0 Å². The molecule has 1 saturated carbocycles. The highest BCUT2D eigenvalue weighted by molar-refractivity contribution is 5.81. The molecule has 3 atom stereocenters. The van der Waals surface area contributed by atoms with Crippen molar-refractivity contribution in [3.8, 4) is 0 Å². The fourth-order valence-corrected chi connectivity index (χ4v) is 4.32. The summed E-state index contributed by atoms with van der Waals surface area (Å²) in [7, 11) is 0. The van der Waals surface area contributed by atoms with Gasteiger partial charge in [0.2, 0.25) is 0 Å². The average molecular weight is 280 g/mol. The van der Waals surface area contributed by atoms with Crippen LogP contribution in [0.3, 0.4) is 0 Å². The number of hydrogen-bond acceptors (Lipinski definition) is 3. The van der Waals surface area contributed by atoms with Gasteiger partial charge in [-0.3, -0.25) is 4.79 Å². The van der Waals surface area contributed by atoms with Gasteiger partial charge in [-0.2, -0.15) is 0 Å². The molecule has 4 heteroatoms. The van der Waals surface area contributed by atoms with Gasteiger partial charge in [0.05, 0.1) is 6.10 Å². The van der Waals surface area contributed by atoms with Crippen molar-refractivity contribution in [1.29, 1.82) is 0 Å². The highest BCUT2D eigenvalue weighted by atomic mass is 16.5. The summed E-state index contributed by atoms with van der Waals surface area (Å²) >= 11 is 0. The van der Waals surface area contributed by atoms with Crippen LogP contribution in [0.1, 0.15) is 57.8 Å². The number of amides is 1. The van der Waals surface area contributed by atoms with E-state index in [2.05, 4.69) is 4.90 Å². The number of likely N-dealkylation sites (tertiary alicyclic amines) is 1. The molecule has 0 bridgehead atoms. The lowest BCUT2D eigenvalue weighted by Crippen LogP contribution is -2.45. The van der Waals surface area contributed by atoms with Crippen LogP contribution in [0.15, 0.2) is 0 Å². The van der Waals surface area contributed by atoms with E-state index in [0.717, 1.165) is 25.3 Å². The molecular weight excluding hydrogens is 252 g/mol. The number of nitrogens with two attached hydrogens (primary N) is 1. The number of carbonyl (C=O) groups excluding carboxylic acids is 1. The molecule has 2 saturated heterocycles. The van der Waals surface area contributed by atoms with Crippen LogP contribution in [-0.2, 0) is 9.53 Å². The van der Waals surface area contributed by atoms with E-state index in [9.17, 15) is 4.79 Å². The van der Waals surface area contributed by atoms with Crippen molar-refractivity contribution in [2.45, 2.75) is 76.0 Å². The molecule has 1 amide bonds. The Kier molecular flexibility index (Phi) is 4.61. The Morgan fingerprint density at radius 3 is 2.55 bits per heavy atom. The molecule has 4 nitrogen and oxygen atoms in total. The Balaban J connectivity index is 1.61. The Bertz CT molecular complexity index is 341. The summed E-state index contributed by atoms with van der Waals surface area (Å²) in [5.41, 5.74) is 5.64. The van der Waals surface area contributed by atoms with Gasteiger partial charge < -0.3 is 15.4 Å². The van der Waals surface area contributed by atoms with Gasteiger partial charge in [-0.25, -0.2) is 0 Å². The lowest BCUT2D eigenvalue weighted by atomic mass is 9.83. The van der Waals surface area contributed by atoms with E-state index in [1.807, 2.05) is 0 Å². The maximum Gasteiger partial charge on any atom is 0.251 e. The first-order valence-electron chi connectivity index (χ1n) is 8.45. The smallest absolute Gasteiger partial charge is 0.251 e. The average Bonchev–Trinajstić information content (AvgIpc) is 3.16. The van der Waals surface area contributed by atoms with Gasteiger partial charge in [-0.15, -0.1) is 0 Å². The van der Waals surface area contributed by atoms with Crippen LogP contribution in [0.4, 0.5) is 0 Å². The van der Waals surface area contributed by atoms with Crippen LogP contribution in [0, 0.1) is 5.92 Å². The molecule has 20 heavy (non-hydrogen) atoms. The number of nitrogens with zero attached hydrogens (tertiary/aromatic N) is 1. The SMILES string of the molecule is NCC1CCC(C(=O)N2CCCC2C2CCCCC2)O1. The molecule has 3 aliphatic rings. The molecule has 2 heterocycles. The van der Waals surface area contributed by atoms with E-state index in [1.165, 1.54) is 44.9 Å². The van der Waals surface area contributed by atoms with E-state index < -0.39 is 0 Å². The molecule has 3 unspecified atom stereocenters. The molecule has 1 aliphatic carbocycles. The summed E-state index contributed by atoms with van der Waals surface area (Å²) in [6, 6.07) is 0.489. The third kappa shape index (κ3) is 2.86. The van der Waals surface area contributed by atoms with Crippen LogP contribution in [0.5, 0.6) is 0 Å². The van der Waals surface area contributed by atoms with Gasteiger partial charge in [0.1, 0.15) is 6.10 Å². The van der Waals surface area contributed by atoms with Gasteiger partial charge in [0.15, 0.2) is 0 Å². The maximum atomic E-state index is 12.7. The molecule has 3 rings (SSSR count).